The molecule has 0 aliphatic rings. The van der Waals surface area contributed by atoms with E-state index in [1.165, 1.54) is 13.2 Å². The first-order chi connectivity index (χ1) is 10.5. The van der Waals surface area contributed by atoms with Crippen LogP contribution in [0.25, 0.3) is 0 Å². The monoisotopic (exact) mass is 313 g/mol. The summed E-state index contributed by atoms with van der Waals surface area (Å²) >= 11 is 0. The maximum atomic E-state index is 13.1. The molecule has 1 atom stereocenters. The average Bonchev–Trinajstić information content (AvgIpc) is 2.52. The van der Waals surface area contributed by atoms with Crippen LogP contribution in [0.1, 0.15) is 49.4 Å². The zero-order valence-corrected chi connectivity index (χ0v) is 12.8. The van der Waals surface area contributed by atoms with Crippen LogP contribution in [0.5, 0.6) is 0 Å². The molecular formula is C16H21F2NO3. The highest BCUT2D eigenvalue weighted by atomic mass is 19.2. The predicted molar refractivity (Wildman–Crippen MR) is 78.4 cm³/mol. The summed E-state index contributed by atoms with van der Waals surface area (Å²) < 4.78 is 30.7. The maximum absolute atomic E-state index is 13.1. The standard InChI is InChI=1S/C16H21F2NO3/c1-3-4-5-6-7-14(16(21)22-2)19-15(20)11-8-9-12(17)13(18)10-11/h8-10,14H,3-7H2,1-2H3,(H,19,20)/t14-/m0/s1. The average molecular weight is 313 g/mol. The van der Waals surface area contributed by atoms with Crippen molar-refractivity contribution in [2.75, 3.05) is 7.11 Å². The van der Waals surface area contributed by atoms with Crippen LogP contribution < -0.4 is 5.32 Å². The molecule has 0 spiro atoms. The summed E-state index contributed by atoms with van der Waals surface area (Å²) in [5.41, 5.74) is -0.0404. The molecule has 1 rings (SSSR count). The van der Waals surface area contributed by atoms with Crippen LogP contribution in [0.3, 0.4) is 0 Å². The van der Waals surface area contributed by atoms with E-state index >= 15 is 0 Å². The third kappa shape index (κ3) is 5.42. The quantitative estimate of drug-likeness (QED) is 0.592. The molecule has 1 aromatic carbocycles. The van der Waals surface area contributed by atoms with Gasteiger partial charge < -0.3 is 10.1 Å². The SMILES string of the molecule is CCCCCC[C@H](NC(=O)c1ccc(F)c(F)c1)C(=O)OC. The van der Waals surface area contributed by atoms with Gasteiger partial charge in [-0.15, -0.1) is 0 Å². The fourth-order valence-electron chi connectivity index (χ4n) is 2.05. The van der Waals surface area contributed by atoms with Gasteiger partial charge in [-0.3, -0.25) is 4.79 Å². The zero-order valence-electron chi connectivity index (χ0n) is 12.8. The van der Waals surface area contributed by atoms with E-state index in [1.54, 1.807) is 0 Å². The number of unbranched alkanes of at least 4 members (excludes halogenated alkanes) is 3. The number of benzene rings is 1. The van der Waals surface area contributed by atoms with E-state index in [-0.39, 0.29) is 5.56 Å². The highest BCUT2D eigenvalue weighted by Crippen LogP contribution is 2.11. The van der Waals surface area contributed by atoms with Gasteiger partial charge in [-0.2, -0.15) is 0 Å². The van der Waals surface area contributed by atoms with Gasteiger partial charge in [0.1, 0.15) is 6.04 Å². The molecule has 122 valence electrons. The van der Waals surface area contributed by atoms with Gasteiger partial charge in [-0.05, 0) is 24.6 Å². The van der Waals surface area contributed by atoms with Gasteiger partial charge in [0.25, 0.3) is 5.91 Å². The zero-order chi connectivity index (χ0) is 16.5. The molecule has 0 aromatic heterocycles. The summed E-state index contributed by atoms with van der Waals surface area (Å²) in [4.78, 5) is 23.7. The van der Waals surface area contributed by atoms with E-state index in [4.69, 9.17) is 0 Å². The number of carbonyl (C=O) groups is 2. The maximum Gasteiger partial charge on any atom is 0.328 e. The van der Waals surface area contributed by atoms with Crippen molar-refractivity contribution in [1.82, 2.24) is 5.32 Å². The summed E-state index contributed by atoms with van der Waals surface area (Å²) in [6, 6.07) is 2.05. The highest BCUT2D eigenvalue weighted by Gasteiger charge is 2.22. The topological polar surface area (TPSA) is 55.4 Å². The Morgan fingerprint density at radius 1 is 1.18 bits per heavy atom. The number of hydrogen-bond acceptors (Lipinski definition) is 3. The molecule has 0 radical (unpaired) electrons. The number of rotatable bonds is 8. The minimum atomic E-state index is -1.11. The second-order valence-electron chi connectivity index (χ2n) is 5.03. The normalized spacial score (nSPS) is 11.8. The van der Waals surface area contributed by atoms with Crippen molar-refractivity contribution < 1.29 is 23.1 Å². The molecule has 0 saturated carbocycles. The first-order valence-electron chi connectivity index (χ1n) is 7.33. The fraction of sp³-hybridized carbons (Fsp3) is 0.500. The first-order valence-corrected chi connectivity index (χ1v) is 7.33. The van der Waals surface area contributed by atoms with Crippen molar-refractivity contribution in [3.63, 3.8) is 0 Å². The van der Waals surface area contributed by atoms with Crippen molar-refractivity contribution in [2.45, 2.75) is 45.1 Å². The van der Waals surface area contributed by atoms with Gasteiger partial charge in [-0.25, -0.2) is 13.6 Å². The molecule has 0 heterocycles. The van der Waals surface area contributed by atoms with Crippen molar-refractivity contribution in [3.8, 4) is 0 Å². The van der Waals surface area contributed by atoms with E-state index in [0.29, 0.717) is 6.42 Å². The molecule has 22 heavy (non-hydrogen) atoms. The molecule has 0 fully saturated rings. The fourth-order valence-corrected chi connectivity index (χ4v) is 2.05. The second-order valence-corrected chi connectivity index (χ2v) is 5.03. The van der Waals surface area contributed by atoms with Gasteiger partial charge >= 0.3 is 5.97 Å². The van der Waals surface area contributed by atoms with Crippen molar-refractivity contribution in [1.29, 1.82) is 0 Å². The minimum Gasteiger partial charge on any atom is -0.467 e. The number of ether oxygens (including phenoxy) is 1. The lowest BCUT2D eigenvalue weighted by atomic mass is 10.1. The van der Waals surface area contributed by atoms with Crippen LogP contribution in [-0.2, 0) is 9.53 Å². The van der Waals surface area contributed by atoms with Crippen LogP contribution >= 0.6 is 0 Å². The number of hydrogen-bond donors (Lipinski definition) is 1. The number of amides is 1. The van der Waals surface area contributed by atoms with E-state index in [0.717, 1.165) is 37.8 Å². The number of esters is 1. The van der Waals surface area contributed by atoms with Gasteiger partial charge in [-0.1, -0.05) is 32.6 Å². The Morgan fingerprint density at radius 2 is 1.91 bits per heavy atom. The molecule has 0 aliphatic heterocycles. The van der Waals surface area contributed by atoms with Crippen molar-refractivity contribution in [2.24, 2.45) is 0 Å². The van der Waals surface area contributed by atoms with Gasteiger partial charge in [0.2, 0.25) is 0 Å². The Morgan fingerprint density at radius 3 is 2.50 bits per heavy atom. The number of methoxy groups -OCH3 is 1. The Kier molecular flexibility index (Phi) is 7.49. The Bertz CT molecular complexity index is 520. The Balaban J connectivity index is 2.68. The third-order valence-electron chi connectivity index (χ3n) is 3.32. The lowest BCUT2D eigenvalue weighted by Gasteiger charge is -2.16. The van der Waals surface area contributed by atoms with Crippen LogP contribution in [0.15, 0.2) is 18.2 Å². The Labute approximate surface area is 128 Å². The van der Waals surface area contributed by atoms with E-state index < -0.39 is 29.6 Å². The number of nitrogens with one attached hydrogen (secondary N) is 1. The summed E-state index contributed by atoms with van der Waals surface area (Å²) in [5.74, 6) is -3.32. The van der Waals surface area contributed by atoms with Crippen LogP contribution in [0.2, 0.25) is 0 Å². The van der Waals surface area contributed by atoms with E-state index in [1.807, 2.05) is 0 Å². The van der Waals surface area contributed by atoms with Crippen LogP contribution in [-0.4, -0.2) is 25.0 Å². The van der Waals surface area contributed by atoms with Gasteiger partial charge in [0, 0.05) is 5.56 Å². The number of carbonyl (C=O) groups excluding carboxylic acids is 2. The van der Waals surface area contributed by atoms with E-state index in [2.05, 4.69) is 17.0 Å². The summed E-state index contributed by atoms with van der Waals surface area (Å²) in [7, 11) is 1.24. The smallest absolute Gasteiger partial charge is 0.328 e. The second kappa shape index (κ2) is 9.12. The van der Waals surface area contributed by atoms with E-state index in [9.17, 15) is 18.4 Å². The molecule has 0 bridgehead atoms. The first kappa shape index (κ1) is 18.1. The minimum absolute atomic E-state index is 0.0404. The largest absolute Gasteiger partial charge is 0.467 e. The Hall–Kier alpha value is -1.98. The lowest BCUT2D eigenvalue weighted by molar-refractivity contribution is -0.143. The molecule has 1 amide bonds. The molecular weight excluding hydrogens is 292 g/mol. The highest BCUT2D eigenvalue weighted by molar-refractivity contribution is 5.96. The third-order valence-corrected chi connectivity index (χ3v) is 3.32. The summed E-state index contributed by atoms with van der Waals surface area (Å²) in [6.07, 6.45) is 4.27. The predicted octanol–water partition coefficient (Wildman–Crippen LogP) is 3.21. The molecule has 0 aliphatic carbocycles. The molecule has 4 nitrogen and oxygen atoms in total. The van der Waals surface area contributed by atoms with Gasteiger partial charge in [0.05, 0.1) is 7.11 Å². The lowest BCUT2D eigenvalue weighted by Crippen LogP contribution is -2.41. The van der Waals surface area contributed by atoms with Crippen LogP contribution in [0.4, 0.5) is 8.78 Å². The van der Waals surface area contributed by atoms with Crippen LogP contribution in [0, 0.1) is 11.6 Å². The molecule has 1 aromatic rings. The molecule has 0 unspecified atom stereocenters. The number of halogens is 2. The molecule has 6 heteroatoms. The summed E-state index contributed by atoms with van der Waals surface area (Å²) in [6.45, 7) is 2.07. The van der Waals surface area contributed by atoms with Crippen molar-refractivity contribution >= 4 is 11.9 Å². The summed E-state index contributed by atoms with van der Waals surface area (Å²) in [5, 5.41) is 2.51. The van der Waals surface area contributed by atoms with Crippen molar-refractivity contribution in [3.05, 3.63) is 35.4 Å². The molecule has 0 saturated heterocycles. The molecule has 1 N–H and O–H groups in total. The van der Waals surface area contributed by atoms with Gasteiger partial charge in [0.15, 0.2) is 11.6 Å².